The Bertz CT molecular complexity index is 977. The lowest BCUT2D eigenvalue weighted by Gasteiger charge is -2.07. The average molecular weight is 380 g/mol. The van der Waals surface area contributed by atoms with Gasteiger partial charge in [-0.3, -0.25) is 4.98 Å². The molecule has 1 saturated carbocycles. The van der Waals surface area contributed by atoms with Crippen LogP contribution < -0.4 is 4.80 Å². The average Bonchev–Trinajstić information content (AvgIpc) is 2.90. The molecule has 0 amide bonds. The summed E-state index contributed by atoms with van der Waals surface area (Å²) in [6, 6.07) is 10.3. The molecule has 2 heterocycles. The fourth-order valence-corrected chi connectivity index (χ4v) is 4.05. The summed E-state index contributed by atoms with van der Waals surface area (Å²) in [6.45, 7) is 0. The fourth-order valence-electron chi connectivity index (χ4n) is 3.20. The Hall–Kier alpha value is -2.60. The normalized spacial score (nSPS) is 15.6. The molecule has 6 heteroatoms. The molecular formula is C21H21FN4S. The Morgan fingerprint density at radius 2 is 1.78 bits per heavy atom. The Kier molecular flexibility index (Phi) is 5.53. The maximum Gasteiger partial charge on any atom is 0.211 e. The van der Waals surface area contributed by atoms with Gasteiger partial charge in [0.25, 0.3) is 0 Å². The van der Waals surface area contributed by atoms with Gasteiger partial charge in [0, 0.05) is 22.9 Å². The van der Waals surface area contributed by atoms with Crippen LogP contribution in [0.5, 0.6) is 0 Å². The minimum atomic E-state index is -0.240. The minimum Gasteiger partial charge on any atom is -0.262 e. The van der Waals surface area contributed by atoms with Crippen molar-refractivity contribution in [3.8, 4) is 11.3 Å². The third-order valence-corrected chi connectivity index (χ3v) is 5.43. The van der Waals surface area contributed by atoms with Crippen LogP contribution in [-0.4, -0.2) is 15.4 Å². The number of pyridine rings is 1. The van der Waals surface area contributed by atoms with Gasteiger partial charge in [-0.15, -0.1) is 11.3 Å². The largest absolute Gasteiger partial charge is 0.262 e. The Balaban J connectivity index is 1.83. The van der Waals surface area contributed by atoms with E-state index in [1.807, 2.05) is 22.2 Å². The highest BCUT2D eigenvalue weighted by Gasteiger charge is 2.11. The Labute approximate surface area is 161 Å². The van der Waals surface area contributed by atoms with Crippen molar-refractivity contribution in [2.24, 2.45) is 10.1 Å². The molecule has 1 aliphatic rings. The van der Waals surface area contributed by atoms with Crippen LogP contribution in [0.15, 0.2) is 64.3 Å². The van der Waals surface area contributed by atoms with Gasteiger partial charge in [0.15, 0.2) is 0 Å². The standard InChI is InChI=1S/C21H21FN4S/c22-17-11-9-16(10-12-17)20-15-27-21(24-19-8-5-13-23-14-19)26(20)25-18-6-3-1-2-4-7-18/h5,8-15H,1-4,6-7H2. The molecule has 2 aromatic heterocycles. The van der Waals surface area contributed by atoms with Gasteiger partial charge in [-0.1, -0.05) is 12.8 Å². The first-order chi connectivity index (χ1) is 13.3. The molecular weight excluding hydrogens is 359 g/mol. The lowest BCUT2D eigenvalue weighted by atomic mass is 10.2. The molecule has 4 nitrogen and oxygen atoms in total. The van der Waals surface area contributed by atoms with E-state index in [4.69, 9.17) is 10.1 Å². The monoisotopic (exact) mass is 380 g/mol. The first-order valence-electron chi connectivity index (χ1n) is 9.27. The molecule has 0 N–H and O–H groups in total. The second-order valence-electron chi connectivity index (χ2n) is 6.63. The predicted molar refractivity (Wildman–Crippen MR) is 108 cm³/mol. The zero-order chi connectivity index (χ0) is 18.5. The van der Waals surface area contributed by atoms with Crippen LogP contribution in [0.3, 0.4) is 0 Å². The lowest BCUT2D eigenvalue weighted by Crippen LogP contribution is -2.14. The molecule has 0 radical (unpaired) electrons. The van der Waals surface area contributed by atoms with Crippen LogP contribution in [0.4, 0.5) is 10.1 Å². The molecule has 1 fully saturated rings. The molecule has 27 heavy (non-hydrogen) atoms. The van der Waals surface area contributed by atoms with Crippen molar-refractivity contribution in [2.75, 3.05) is 0 Å². The number of benzene rings is 1. The smallest absolute Gasteiger partial charge is 0.211 e. The van der Waals surface area contributed by atoms with Crippen molar-refractivity contribution in [3.63, 3.8) is 0 Å². The van der Waals surface area contributed by atoms with Gasteiger partial charge in [0.05, 0.1) is 17.6 Å². The van der Waals surface area contributed by atoms with E-state index in [-0.39, 0.29) is 5.82 Å². The highest BCUT2D eigenvalue weighted by molar-refractivity contribution is 7.07. The van der Waals surface area contributed by atoms with Gasteiger partial charge in [0.1, 0.15) is 5.82 Å². The molecule has 0 unspecified atom stereocenters. The maximum atomic E-state index is 13.4. The first kappa shape index (κ1) is 17.8. The summed E-state index contributed by atoms with van der Waals surface area (Å²) in [7, 11) is 0. The summed E-state index contributed by atoms with van der Waals surface area (Å²) in [5, 5.41) is 7.00. The fraction of sp³-hybridized carbons (Fsp3) is 0.286. The van der Waals surface area contributed by atoms with Crippen molar-refractivity contribution in [3.05, 3.63) is 64.8 Å². The minimum absolute atomic E-state index is 0.240. The van der Waals surface area contributed by atoms with Crippen LogP contribution in [0.25, 0.3) is 11.3 Å². The summed E-state index contributed by atoms with van der Waals surface area (Å²) >= 11 is 1.53. The van der Waals surface area contributed by atoms with Gasteiger partial charge < -0.3 is 0 Å². The van der Waals surface area contributed by atoms with Crippen molar-refractivity contribution >= 4 is 22.7 Å². The van der Waals surface area contributed by atoms with Gasteiger partial charge in [0.2, 0.25) is 4.80 Å². The summed E-state index contributed by atoms with van der Waals surface area (Å²) < 4.78 is 15.3. The third-order valence-electron chi connectivity index (χ3n) is 4.62. The zero-order valence-corrected chi connectivity index (χ0v) is 15.8. The van der Waals surface area contributed by atoms with Gasteiger partial charge in [-0.25, -0.2) is 14.1 Å². The number of aromatic nitrogens is 2. The van der Waals surface area contributed by atoms with Crippen LogP contribution in [0.1, 0.15) is 38.5 Å². The molecule has 0 saturated heterocycles. The number of nitrogens with zero attached hydrogens (tertiary/aromatic N) is 4. The topological polar surface area (TPSA) is 42.5 Å². The molecule has 3 aromatic rings. The molecule has 1 aromatic carbocycles. The maximum absolute atomic E-state index is 13.4. The molecule has 1 aliphatic carbocycles. The molecule has 0 spiro atoms. The summed E-state index contributed by atoms with van der Waals surface area (Å²) in [6.07, 6.45) is 10.4. The van der Waals surface area contributed by atoms with Crippen molar-refractivity contribution in [1.82, 2.24) is 9.66 Å². The van der Waals surface area contributed by atoms with E-state index in [0.717, 1.165) is 34.6 Å². The van der Waals surface area contributed by atoms with Crippen LogP contribution in [-0.2, 0) is 0 Å². The van der Waals surface area contributed by atoms with E-state index in [1.54, 1.807) is 24.5 Å². The third kappa shape index (κ3) is 4.39. The highest BCUT2D eigenvalue weighted by atomic mass is 32.1. The van der Waals surface area contributed by atoms with Crippen molar-refractivity contribution in [2.45, 2.75) is 38.5 Å². The number of hydrogen-bond donors (Lipinski definition) is 0. The SMILES string of the molecule is Fc1ccc(-c2csc(=Nc3cccnc3)n2N=C2CCCCCC2)cc1. The summed E-state index contributed by atoms with van der Waals surface area (Å²) in [5.74, 6) is -0.240. The van der Waals surface area contributed by atoms with Crippen molar-refractivity contribution in [1.29, 1.82) is 0 Å². The van der Waals surface area contributed by atoms with Crippen LogP contribution >= 0.6 is 11.3 Å². The number of hydrogen-bond acceptors (Lipinski definition) is 4. The van der Waals surface area contributed by atoms with E-state index in [0.29, 0.717) is 0 Å². The van der Waals surface area contributed by atoms with Crippen molar-refractivity contribution < 1.29 is 4.39 Å². The Morgan fingerprint density at radius 3 is 2.48 bits per heavy atom. The molecule has 4 rings (SSSR count). The summed E-state index contributed by atoms with van der Waals surface area (Å²) in [4.78, 5) is 9.66. The van der Waals surface area contributed by atoms with E-state index in [9.17, 15) is 4.39 Å². The first-order valence-corrected chi connectivity index (χ1v) is 10.2. The highest BCUT2D eigenvalue weighted by Crippen LogP contribution is 2.22. The number of rotatable bonds is 3. The van der Waals surface area contributed by atoms with E-state index < -0.39 is 0 Å². The van der Waals surface area contributed by atoms with E-state index in [2.05, 4.69) is 4.98 Å². The molecule has 0 atom stereocenters. The second kappa shape index (κ2) is 8.39. The molecule has 0 aliphatic heterocycles. The molecule has 0 bridgehead atoms. The van der Waals surface area contributed by atoms with Gasteiger partial charge in [-0.05, 0) is 62.1 Å². The van der Waals surface area contributed by atoms with E-state index in [1.165, 1.54) is 54.9 Å². The quantitative estimate of drug-likeness (QED) is 0.550. The number of halogens is 1. The zero-order valence-electron chi connectivity index (χ0n) is 15.0. The van der Waals surface area contributed by atoms with Gasteiger partial charge in [-0.2, -0.15) is 5.10 Å². The predicted octanol–water partition coefficient (Wildman–Crippen LogP) is 5.54. The van der Waals surface area contributed by atoms with Gasteiger partial charge >= 0.3 is 0 Å². The van der Waals surface area contributed by atoms with Crippen LogP contribution in [0.2, 0.25) is 0 Å². The Morgan fingerprint density at radius 1 is 1.00 bits per heavy atom. The summed E-state index contributed by atoms with van der Waals surface area (Å²) in [5.41, 5.74) is 3.86. The number of thiazole rings is 1. The lowest BCUT2D eigenvalue weighted by molar-refractivity contribution is 0.628. The molecule has 138 valence electrons. The van der Waals surface area contributed by atoms with E-state index >= 15 is 0 Å². The second-order valence-corrected chi connectivity index (χ2v) is 7.46. The van der Waals surface area contributed by atoms with Crippen LogP contribution in [0, 0.1) is 5.82 Å².